The number of nitrogens with one attached hydrogen (secondary N) is 1. The van der Waals surface area contributed by atoms with Gasteiger partial charge in [0.05, 0.1) is 0 Å². The molecule has 0 unspecified atom stereocenters. The predicted molar refractivity (Wildman–Crippen MR) is 85.0 cm³/mol. The molecule has 1 N–H and O–H groups in total. The van der Waals surface area contributed by atoms with Crippen LogP contribution in [0.25, 0.3) is 0 Å². The standard InChI is InChI=1S/C13H12BrCl2N3O/c1-2-3-17-12-11(14)13(19-7-18-12)20-10-5-8(15)4-9(16)6-10/h4-7H,2-3H2,1H3,(H,17,18,19). The number of rotatable bonds is 5. The first-order valence-electron chi connectivity index (χ1n) is 5.98. The Bertz CT molecular complexity index is 590. The second kappa shape index (κ2) is 7.11. The Morgan fingerprint density at radius 1 is 1.20 bits per heavy atom. The summed E-state index contributed by atoms with van der Waals surface area (Å²) in [5.74, 6) is 1.60. The van der Waals surface area contributed by atoms with E-state index in [0.717, 1.165) is 13.0 Å². The van der Waals surface area contributed by atoms with Gasteiger partial charge in [-0.25, -0.2) is 9.97 Å². The van der Waals surface area contributed by atoms with Crippen molar-refractivity contribution in [3.63, 3.8) is 0 Å². The van der Waals surface area contributed by atoms with Gasteiger partial charge in [0.1, 0.15) is 22.4 Å². The van der Waals surface area contributed by atoms with Crippen molar-refractivity contribution in [1.29, 1.82) is 0 Å². The van der Waals surface area contributed by atoms with Crippen LogP contribution >= 0.6 is 39.1 Å². The summed E-state index contributed by atoms with van der Waals surface area (Å²) >= 11 is 15.3. The first-order valence-corrected chi connectivity index (χ1v) is 7.53. The number of hydrogen-bond acceptors (Lipinski definition) is 4. The average Bonchev–Trinajstić information content (AvgIpc) is 2.38. The fourth-order valence-electron chi connectivity index (χ4n) is 1.49. The van der Waals surface area contributed by atoms with Gasteiger partial charge in [0, 0.05) is 16.6 Å². The molecule has 7 heteroatoms. The number of nitrogens with zero attached hydrogens (tertiary/aromatic N) is 2. The molecule has 0 atom stereocenters. The molecule has 0 spiro atoms. The first kappa shape index (κ1) is 15.4. The smallest absolute Gasteiger partial charge is 0.238 e. The molecular weight excluding hydrogens is 365 g/mol. The number of halogens is 3. The van der Waals surface area contributed by atoms with Crippen LogP contribution in [0.4, 0.5) is 5.82 Å². The molecule has 0 amide bonds. The normalized spacial score (nSPS) is 10.4. The highest BCUT2D eigenvalue weighted by Crippen LogP contribution is 2.33. The second-order valence-electron chi connectivity index (χ2n) is 3.98. The van der Waals surface area contributed by atoms with Crippen molar-refractivity contribution in [2.45, 2.75) is 13.3 Å². The van der Waals surface area contributed by atoms with Crippen LogP contribution < -0.4 is 10.1 Å². The number of benzene rings is 1. The molecule has 0 saturated heterocycles. The average molecular weight is 377 g/mol. The SMILES string of the molecule is CCCNc1ncnc(Oc2cc(Cl)cc(Cl)c2)c1Br. The molecule has 0 radical (unpaired) electrons. The van der Waals surface area contributed by atoms with Crippen LogP contribution in [-0.2, 0) is 0 Å². The van der Waals surface area contributed by atoms with Gasteiger partial charge in [-0.3, -0.25) is 0 Å². The Labute approximate surface area is 135 Å². The Kier molecular flexibility index (Phi) is 5.46. The van der Waals surface area contributed by atoms with Crippen molar-refractivity contribution in [2.24, 2.45) is 0 Å². The lowest BCUT2D eigenvalue weighted by Gasteiger charge is -2.10. The minimum atomic E-state index is 0.400. The first-order chi connectivity index (χ1) is 9.60. The zero-order chi connectivity index (χ0) is 14.5. The van der Waals surface area contributed by atoms with Crippen molar-refractivity contribution in [1.82, 2.24) is 9.97 Å². The summed E-state index contributed by atoms with van der Waals surface area (Å²) in [6.07, 6.45) is 2.43. The monoisotopic (exact) mass is 375 g/mol. The molecule has 0 aliphatic heterocycles. The van der Waals surface area contributed by atoms with E-state index in [0.29, 0.717) is 32.0 Å². The third-order valence-electron chi connectivity index (χ3n) is 2.35. The van der Waals surface area contributed by atoms with E-state index >= 15 is 0 Å². The van der Waals surface area contributed by atoms with E-state index in [2.05, 4.69) is 38.1 Å². The second-order valence-corrected chi connectivity index (χ2v) is 5.64. The number of aromatic nitrogens is 2. The topological polar surface area (TPSA) is 47.0 Å². The molecule has 0 aliphatic carbocycles. The number of ether oxygens (including phenoxy) is 1. The molecule has 0 saturated carbocycles. The van der Waals surface area contributed by atoms with E-state index in [1.54, 1.807) is 18.2 Å². The maximum atomic E-state index is 5.93. The minimum absolute atomic E-state index is 0.400. The molecule has 0 aliphatic rings. The lowest BCUT2D eigenvalue weighted by molar-refractivity contribution is 0.458. The molecule has 0 fully saturated rings. The van der Waals surface area contributed by atoms with Crippen LogP contribution in [0, 0.1) is 0 Å². The fourth-order valence-corrected chi connectivity index (χ4v) is 2.42. The Balaban J connectivity index is 2.24. The summed E-state index contributed by atoms with van der Waals surface area (Å²) < 4.78 is 6.34. The van der Waals surface area contributed by atoms with E-state index < -0.39 is 0 Å². The van der Waals surface area contributed by atoms with E-state index in [4.69, 9.17) is 27.9 Å². The molecule has 0 bridgehead atoms. The Morgan fingerprint density at radius 3 is 2.55 bits per heavy atom. The van der Waals surface area contributed by atoms with Crippen molar-refractivity contribution in [3.05, 3.63) is 39.0 Å². The quantitative estimate of drug-likeness (QED) is 0.782. The lowest BCUT2D eigenvalue weighted by Crippen LogP contribution is -2.04. The van der Waals surface area contributed by atoms with E-state index in [1.807, 2.05) is 0 Å². The van der Waals surface area contributed by atoms with Crippen LogP contribution in [0.2, 0.25) is 10.0 Å². The summed E-state index contributed by atoms with van der Waals surface area (Å²) in [5, 5.41) is 4.19. The van der Waals surface area contributed by atoms with Crippen molar-refractivity contribution >= 4 is 44.9 Å². The third kappa shape index (κ3) is 3.98. The lowest BCUT2D eigenvalue weighted by atomic mass is 10.3. The molecule has 1 aromatic heterocycles. The molecule has 106 valence electrons. The van der Waals surface area contributed by atoms with Gasteiger partial charge in [-0.05, 0) is 40.5 Å². The summed E-state index contributed by atoms with van der Waals surface area (Å²) in [6.45, 7) is 2.89. The van der Waals surface area contributed by atoms with Crippen molar-refractivity contribution < 1.29 is 4.74 Å². The van der Waals surface area contributed by atoms with Gasteiger partial charge in [-0.2, -0.15) is 0 Å². The molecule has 1 aromatic carbocycles. The van der Waals surface area contributed by atoms with Gasteiger partial charge in [-0.1, -0.05) is 30.1 Å². The summed E-state index contributed by atoms with van der Waals surface area (Å²) in [6, 6.07) is 4.97. The number of anilines is 1. The molecule has 2 rings (SSSR count). The Morgan fingerprint density at radius 2 is 1.90 bits per heavy atom. The van der Waals surface area contributed by atoms with Gasteiger partial charge in [0.25, 0.3) is 0 Å². The van der Waals surface area contributed by atoms with Crippen LogP contribution in [0.15, 0.2) is 29.0 Å². The van der Waals surface area contributed by atoms with Crippen LogP contribution in [0.3, 0.4) is 0 Å². The maximum absolute atomic E-state index is 5.93. The predicted octanol–water partition coefficient (Wildman–Crippen LogP) is 5.16. The van der Waals surface area contributed by atoms with Crippen LogP contribution in [0.1, 0.15) is 13.3 Å². The molecular formula is C13H12BrCl2N3O. The van der Waals surface area contributed by atoms with Crippen molar-refractivity contribution in [3.8, 4) is 11.6 Å². The molecule has 4 nitrogen and oxygen atoms in total. The van der Waals surface area contributed by atoms with Gasteiger partial charge in [0.15, 0.2) is 0 Å². The van der Waals surface area contributed by atoms with Crippen LogP contribution in [0.5, 0.6) is 11.6 Å². The minimum Gasteiger partial charge on any atom is -0.438 e. The Hall–Kier alpha value is -1.04. The zero-order valence-electron chi connectivity index (χ0n) is 10.7. The van der Waals surface area contributed by atoms with Gasteiger partial charge in [0.2, 0.25) is 5.88 Å². The van der Waals surface area contributed by atoms with Crippen molar-refractivity contribution in [2.75, 3.05) is 11.9 Å². The fraction of sp³-hybridized carbons (Fsp3) is 0.231. The highest BCUT2D eigenvalue weighted by Gasteiger charge is 2.11. The molecule has 1 heterocycles. The zero-order valence-corrected chi connectivity index (χ0v) is 13.8. The summed E-state index contributed by atoms with van der Waals surface area (Å²) in [4.78, 5) is 8.25. The number of hydrogen-bond donors (Lipinski definition) is 1. The molecule has 2 aromatic rings. The van der Waals surface area contributed by atoms with E-state index in [-0.39, 0.29) is 0 Å². The summed E-state index contributed by atoms with van der Waals surface area (Å²) in [7, 11) is 0. The largest absolute Gasteiger partial charge is 0.438 e. The molecule has 20 heavy (non-hydrogen) atoms. The van der Waals surface area contributed by atoms with Gasteiger partial charge >= 0.3 is 0 Å². The van der Waals surface area contributed by atoms with Crippen LogP contribution in [-0.4, -0.2) is 16.5 Å². The van der Waals surface area contributed by atoms with E-state index in [9.17, 15) is 0 Å². The van der Waals surface area contributed by atoms with Gasteiger partial charge < -0.3 is 10.1 Å². The third-order valence-corrected chi connectivity index (χ3v) is 3.50. The summed E-state index contributed by atoms with van der Waals surface area (Å²) in [5.41, 5.74) is 0. The maximum Gasteiger partial charge on any atom is 0.238 e. The highest BCUT2D eigenvalue weighted by atomic mass is 79.9. The highest BCUT2D eigenvalue weighted by molar-refractivity contribution is 9.10. The van der Waals surface area contributed by atoms with Gasteiger partial charge in [-0.15, -0.1) is 0 Å². The van der Waals surface area contributed by atoms with E-state index in [1.165, 1.54) is 6.33 Å².